The third-order valence-electron chi connectivity index (χ3n) is 4.93. The lowest BCUT2D eigenvalue weighted by Gasteiger charge is -2.38. The van der Waals surface area contributed by atoms with Gasteiger partial charge in [-0.2, -0.15) is 17.5 Å². The topological polar surface area (TPSA) is 49.4 Å². The van der Waals surface area contributed by atoms with Gasteiger partial charge in [-0.3, -0.25) is 0 Å². The van der Waals surface area contributed by atoms with Crippen LogP contribution in [0.5, 0.6) is 0 Å². The molecule has 1 N–H and O–H groups in total. The Morgan fingerprint density at radius 2 is 1.74 bits per heavy atom. The molecular formula is C15H19F3N2O2S. The molecule has 1 aromatic rings. The molecule has 2 heterocycles. The predicted octanol–water partition coefficient (Wildman–Crippen LogP) is 2.47. The largest absolute Gasteiger partial charge is 0.417 e. The van der Waals surface area contributed by atoms with Gasteiger partial charge < -0.3 is 5.32 Å². The first-order valence-electron chi connectivity index (χ1n) is 7.62. The monoisotopic (exact) mass is 348 g/mol. The molecule has 128 valence electrons. The summed E-state index contributed by atoms with van der Waals surface area (Å²) in [5.74, 6) is 0. The molecule has 4 nitrogen and oxygen atoms in total. The SMILES string of the molecule is O=S(=O)(c1ccccc1C(F)(F)F)N1CCC2(CCNC2)CC1. The van der Waals surface area contributed by atoms with Crippen molar-refractivity contribution in [2.75, 3.05) is 26.2 Å². The molecular weight excluding hydrogens is 329 g/mol. The highest BCUT2D eigenvalue weighted by Crippen LogP contribution is 2.40. The summed E-state index contributed by atoms with van der Waals surface area (Å²) in [5.41, 5.74) is -0.988. The van der Waals surface area contributed by atoms with Gasteiger partial charge in [0.25, 0.3) is 0 Å². The first kappa shape index (κ1) is 16.7. The molecule has 0 aliphatic carbocycles. The van der Waals surface area contributed by atoms with Crippen molar-refractivity contribution in [3.8, 4) is 0 Å². The summed E-state index contributed by atoms with van der Waals surface area (Å²) < 4.78 is 65.8. The summed E-state index contributed by atoms with van der Waals surface area (Å²) in [7, 11) is -4.13. The van der Waals surface area contributed by atoms with Crippen LogP contribution in [0, 0.1) is 5.41 Å². The zero-order chi connectivity index (χ0) is 16.7. The molecule has 8 heteroatoms. The fourth-order valence-corrected chi connectivity index (χ4v) is 5.14. The summed E-state index contributed by atoms with van der Waals surface area (Å²) in [4.78, 5) is -0.645. The van der Waals surface area contributed by atoms with Crippen molar-refractivity contribution in [3.05, 3.63) is 29.8 Å². The Morgan fingerprint density at radius 3 is 2.30 bits per heavy atom. The van der Waals surface area contributed by atoms with Crippen LogP contribution in [0.3, 0.4) is 0 Å². The molecule has 2 fully saturated rings. The van der Waals surface area contributed by atoms with Gasteiger partial charge in [-0.15, -0.1) is 0 Å². The minimum absolute atomic E-state index is 0.107. The Labute approximate surface area is 133 Å². The van der Waals surface area contributed by atoms with Gasteiger partial charge in [-0.25, -0.2) is 8.42 Å². The molecule has 3 rings (SSSR count). The molecule has 0 radical (unpaired) electrons. The van der Waals surface area contributed by atoms with E-state index in [4.69, 9.17) is 0 Å². The van der Waals surface area contributed by atoms with Gasteiger partial charge in [0.15, 0.2) is 0 Å². The van der Waals surface area contributed by atoms with Gasteiger partial charge in [0.05, 0.1) is 10.5 Å². The van der Waals surface area contributed by atoms with Crippen LogP contribution in [0.15, 0.2) is 29.2 Å². The van der Waals surface area contributed by atoms with Crippen LogP contribution in [-0.2, 0) is 16.2 Å². The number of sulfonamides is 1. The van der Waals surface area contributed by atoms with Crippen molar-refractivity contribution in [2.45, 2.75) is 30.3 Å². The van der Waals surface area contributed by atoms with Gasteiger partial charge in [0, 0.05) is 19.6 Å². The zero-order valence-corrected chi connectivity index (χ0v) is 13.4. The maximum absolute atomic E-state index is 13.1. The lowest BCUT2D eigenvalue weighted by atomic mass is 9.78. The minimum atomic E-state index is -4.68. The number of halogens is 3. The summed E-state index contributed by atoms with van der Waals surface area (Å²) in [6, 6.07) is 4.39. The summed E-state index contributed by atoms with van der Waals surface area (Å²) in [6.45, 7) is 2.33. The van der Waals surface area contributed by atoms with E-state index in [0.29, 0.717) is 12.8 Å². The van der Waals surface area contributed by atoms with E-state index in [1.807, 2.05) is 0 Å². The zero-order valence-electron chi connectivity index (χ0n) is 12.6. The van der Waals surface area contributed by atoms with Gasteiger partial charge >= 0.3 is 6.18 Å². The normalized spacial score (nSPS) is 22.6. The summed E-state index contributed by atoms with van der Waals surface area (Å²) in [5, 5.41) is 3.28. The molecule has 1 aromatic carbocycles. The Kier molecular flexibility index (Phi) is 4.18. The van der Waals surface area contributed by atoms with Crippen LogP contribution in [-0.4, -0.2) is 38.9 Å². The first-order valence-corrected chi connectivity index (χ1v) is 9.06. The molecule has 0 bridgehead atoms. The first-order chi connectivity index (χ1) is 10.7. The van der Waals surface area contributed by atoms with Crippen LogP contribution in [0.2, 0.25) is 0 Å². The number of rotatable bonds is 2. The van der Waals surface area contributed by atoms with Gasteiger partial charge in [0.2, 0.25) is 10.0 Å². The Morgan fingerprint density at radius 1 is 1.09 bits per heavy atom. The molecule has 0 saturated carbocycles. The lowest BCUT2D eigenvalue weighted by Crippen LogP contribution is -2.44. The van der Waals surface area contributed by atoms with Crippen molar-refractivity contribution in [1.82, 2.24) is 9.62 Å². The van der Waals surface area contributed by atoms with Gasteiger partial charge in [-0.1, -0.05) is 12.1 Å². The van der Waals surface area contributed by atoms with Crippen LogP contribution in [0.1, 0.15) is 24.8 Å². The number of hydrogen-bond acceptors (Lipinski definition) is 3. The lowest BCUT2D eigenvalue weighted by molar-refractivity contribution is -0.139. The van der Waals surface area contributed by atoms with E-state index >= 15 is 0 Å². The molecule has 23 heavy (non-hydrogen) atoms. The Hall–Kier alpha value is -1.12. The third-order valence-corrected chi connectivity index (χ3v) is 6.88. The quantitative estimate of drug-likeness (QED) is 0.893. The van der Waals surface area contributed by atoms with Crippen molar-refractivity contribution >= 4 is 10.0 Å². The second-order valence-corrected chi connectivity index (χ2v) is 8.23. The number of alkyl halides is 3. The highest BCUT2D eigenvalue weighted by molar-refractivity contribution is 7.89. The average Bonchev–Trinajstić information content (AvgIpc) is 2.95. The predicted molar refractivity (Wildman–Crippen MR) is 79.4 cm³/mol. The van der Waals surface area contributed by atoms with Crippen molar-refractivity contribution in [2.24, 2.45) is 5.41 Å². The fourth-order valence-electron chi connectivity index (χ4n) is 3.49. The van der Waals surface area contributed by atoms with E-state index in [-0.39, 0.29) is 18.5 Å². The maximum atomic E-state index is 13.1. The van der Waals surface area contributed by atoms with Crippen molar-refractivity contribution in [1.29, 1.82) is 0 Å². The molecule has 0 unspecified atom stereocenters. The third kappa shape index (κ3) is 3.12. The average molecular weight is 348 g/mol. The van der Waals surface area contributed by atoms with Crippen LogP contribution < -0.4 is 5.32 Å². The number of benzene rings is 1. The van der Waals surface area contributed by atoms with Crippen molar-refractivity contribution < 1.29 is 21.6 Å². The Bertz CT molecular complexity index is 672. The smallest absolute Gasteiger partial charge is 0.316 e. The molecule has 0 aromatic heterocycles. The number of piperidine rings is 1. The van der Waals surface area contributed by atoms with E-state index in [1.165, 1.54) is 16.4 Å². The van der Waals surface area contributed by atoms with Gasteiger partial charge in [0.1, 0.15) is 0 Å². The van der Waals surface area contributed by atoms with E-state index in [0.717, 1.165) is 31.6 Å². The summed E-state index contributed by atoms with van der Waals surface area (Å²) in [6.07, 6.45) is -2.31. The minimum Gasteiger partial charge on any atom is -0.316 e. The molecule has 1 spiro atoms. The second-order valence-electron chi connectivity index (χ2n) is 6.32. The second kappa shape index (κ2) is 5.75. The van der Waals surface area contributed by atoms with Crippen LogP contribution in [0.4, 0.5) is 13.2 Å². The van der Waals surface area contributed by atoms with Gasteiger partial charge in [-0.05, 0) is 43.4 Å². The Balaban J connectivity index is 1.86. The molecule has 0 atom stereocenters. The fraction of sp³-hybridized carbons (Fsp3) is 0.600. The molecule has 2 aliphatic heterocycles. The van der Waals surface area contributed by atoms with E-state index in [1.54, 1.807) is 0 Å². The summed E-state index contributed by atoms with van der Waals surface area (Å²) >= 11 is 0. The van der Waals surface area contributed by atoms with Crippen LogP contribution >= 0.6 is 0 Å². The van der Waals surface area contributed by atoms with E-state index < -0.39 is 26.7 Å². The standard InChI is InChI=1S/C15H19F3N2O2S/c16-15(17,18)12-3-1-2-4-13(12)23(21,22)20-9-6-14(7-10-20)5-8-19-11-14/h1-4,19H,5-11H2. The number of nitrogens with one attached hydrogen (secondary N) is 1. The van der Waals surface area contributed by atoms with E-state index in [9.17, 15) is 21.6 Å². The number of hydrogen-bond donors (Lipinski definition) is 1. The molecule has 0 amide bonds. The number of nitrogens with zero attached hydrogens (tertiary/aromatic N) is 1. The van der Waals surface area contributed by atoms with Crippen molar-refractivity contribution in [3.63, 3.8) is 0 Å². The molecule has 2 aliphatic rings. The highest BCUT2D eigenvalue weighted by Gasteiger charge is 2.43. The highest BCUT2D eigenvalue weighted by atomic mass is 32.2. The maximum Gasteiger partial charge on any atom is 0.417 e. The van der Waals surface area contributed by atoms with E-state index in [2.05, 4.69) is 5.32 Å². The molecule has 2 saturated heterocycles. The van der Waals surface area contributed by atoms with Crippen LogP contribution in [0.25, 0.3) is 0 Å².